The van der Waals surface area contributed by atoms with Crippen LogP contribution in [0.2, 0.25) is 0 Å². The smallest absolute Gasteiger partial charge is 0.103 e. The van der Waals surface area contributed by atoms with Gasteiger partial charge in [-0.25, -0.2) is 0 Å². The number of nitrogens with two attached hydrogens (primary N) is 1. The molecule has 0 aliphatic heterocycles. The lowest BCUT2D eigenvalue weighted by Gasteiger charge is -2.21. The molecule has 3 heteroatoms. The Hall–Kier alpha value is 0.400. The third kappa shape index (κ3) is 11.8. The first-order chi connectivity index (χ1) is 3.42. The monoisotopic (exact) mass is 197 g/mol. The molecule has 0 aromatic rings. The van der Waals surface area contributed by atoms with Gasteiger partial charge in [-0.3, -0.25) is 0 Å². The van der Waals surface area contributed by atoms with E-state index >= 15 is 0 Å². The van der Waals surface area contributed by atoms with Crippen LogP contribution in [0, 0.1) is 0 Å². The molecule has 9 heavy (non-hydrogen) atoms. The molecule has 0 amide bonds. The van der Waals surface area contributed by atoms with E-state index in [2.05, 4.69) is 0 Å². The molecule has 0 fully saturated rings. The van der Waals surface area contributed by atoms with Gasteiger partial charge in [0.15, 0.2) is 0 Å². The van der Waals surface area contributed by atoms with Gasteiger partial charge in [-0.1, -0.05) is 0 Å². The van der Waals surface area contributed by atoms with E-state index in [1.54, 1.807) is 0 Å². The van der Waals surface area contributed by atoms with Crippen LogP contribution in [0.5, 0.6) is 0 Å². The Balaban J connectivity index is 0. The third-order valence-corrected chi connectivity index (χ3v) is 0.539. The molecule has 0 rings (SSSR count). The van der Waals surface area contributed by atoms with Crippen LogP contribution in [0.15, 0.2) is 0 Å². The minimum Gasteiger partial charge on any atom is -0.358 e. The highest BCUT2D eigenvalue weighted by Gasteiger charge is 2.11. The van der Waals surface area contributed by atoms with Crippen LogP contribution in [0.25, 0.3) is 0 Å². The van der Waals surface area contributed by atoms with E-state index in [1.165, 1.54) is 0 Å². The second-order valence-corrected chi connectivity index (χ2v) is 2.94. The molecular formula is C6H16BrNO. The van der Waals surface area contributed by atoms with Gasteiger partial charge in [0.2, 0.25) is 0 Å². The quantitative estimate of drug-likeness (QED) is 0.650. The summed E-state index contributed by atoms with van der Waals surface area (Å²) in [5, 5.41) is 0. The molecule has 0 saturated heterocycles. The van der Waals surface area contributed by atoms with E-state index in [4.69, 9.17) is 10.5 Å². The number of hydrogen-bond donors (Lipinski definition) is 1. The highest BCUT2D eigenvalue weighted by molar-refractivity contribution is 8.93. The standard InChI is InChI=1S/C6H15NO.BrH/c1-5(7)8-6(2,3)4;/h5H,7H2,1-4H3;1H. The highest BCUT2D eigenvalue weighted by Crippen LogP contribution is 2.06. The van der Waals surface area contributed by atoms with E-state index in [1.807, 2.05) is 27.7 Å². The Bertz CT molecular complexity index is 67.9. The molecule has 0 aromatic heterocycles. The van der Waals surface area contributed by atoms with Crippen molar-refractivity contribution in [2.75, 3.05) is 0 Å². The fraction of sp³-hybridized carbons (Fsp3) is 1.00. The van der Waals surface area contributed by atoms with Crippen LogP contribution in [-0.2, 0) is 4.74 Å². The van der Waals surface area contributed by atoms with Gasteiger partial charge in [0.05, 0.1) is 5.60 Å². The Morgan fingerprint density at radius 2 is 1.67 bits per heavy atom. The zero-order valence-corrected chi connectivity index (χ0v) is 8.18. The molecule has 2 N–H and O–H groups in total. The largest absolute Gasteiger partial charge is 0.358 e. The molecule has 1 unspecified atom stereocenters. The van der Waals surface area contributed by atoms with Crippen molar-refractivity contribution in [3.63, 3.8) is 0 Å². The van der Waals surface area contributed by atoms with Gasteiger partial charge in [-0.15, -0.1) is 17.0 Å². The normalized spacial score (nSPS) is 14.3. The predicted molar refractivity (Wildman–Crippen MR) is 44.8 cm³/mol. The topological polar surface area (TPSA) is 35.2 Å². The molecular weight excluding hydrogens is 182 g/mol. The van der Waals surface area contributed by atoms with Crippen LogP contribution in [0.4, 0.5) is 0 Å². The Labute approximate surface area is 67.5 Å². The van der Waals surface area contributed by atoms with E-state index in [-0.39, 0.29) is 28.8 Å². The summed E-state index contributed by atoms with van der Waals surface area (Å²) < 4.78 is 5.22. The summed E-state index contributed by atoms with van der Waals surface area (Å²) in [6.07, 6.45) is -0.157. The summed E-state index contributed by atoms with van der Waals surface area (Å²) in [7, 11) is 0. The number of hydrogen-bond acceptors (Lipinski definition) is 2. The average Bonchev–Trinajstić information content (AvgIpc) is 1.21. The molecule has 0 aliphatic carbocycles. The van der Waals surface area contributed by atoms with Gasteiger partial charge in [-0.2, -0.15) is 0 Å². The van der Waals surface area contributed by atoms with Crippen molar-refractivity contribution < 1.29 is 4.74 Å². The third-order valence-electron chi connectivity index (χ3n) is 0.539. The van der Waals surface area contributed by atoms with Gasteiger partial charge in [0.25, 0.3) is 0 Å². The second kappa shape index (κ2) is 4.25. The summed E-state index contributed by atoms with van der Waals surface area (Å²) in [5.41, 5.74) is 5.25. The van der Waals surface area contributed by atoms with Crippen LogP contribution < -0.4 is 5.73 Å². The Kier molecular flexibility index (Phi) is 5.72. The first kappa shape index (κ1) is 12.1. The van der Waals surface area contributed by atoms with Crippen molar-refractivity contribution in [2.45, 2.75) is 39.5 Å². The lowest BCUT2D eigenvalue weighted by Crippen LogP contribution is -2.30. The van der Waals surface area contributed by atoms with Crippen molar-refractivity contribution in [3.05, 3.63) is 0 Å². The van der Waals surface area contributed by atoms with Gasteiger partial charge >= 0.3 is 0 Å². The fourth-order valence-electron chi connectivity index (χ4n) is 0.558. The molecule has 0 aliphatic rings. The predicted octanol–water partition coefficient (Wildman–Crippen LogP) is 1.68. The first-order valence-electron chi connectivity index (χ1n) is 2.85. The Morgan fingerprint density at radius 3 is 1.67 bits per heavy atom. The fourth-order valence-corrected chi connectivity index (χ4v) is 0.558. The van der Waals surface area contributed by atoms with Crippen molar-refractivity contribution in [2.24, 2.45) is 5.73 Å². The van der Waals surface area contributed by atoms with Crippen molar-refractivity contribution >= 4 is 17.0 Å². The van der Waals surface area contributed by atoms with Gasteiger partial charge in [0.1, 0.15) is 6.23 Å². The lowest BCUT2D eigenvalue weighted by atomic mass is 10.2. The molecule has 1 atom stereocenters. The van der Waals surface area contributed by atoms with Crippen LogP contribution >= 0.6 is 17.0 Å². The van der Waals surface area contributed by atoms with Gasteiger partial charge < -0.3 is 10.5 Å². The number of ether oxygens (including phenoxy) is 1. The number of halogens is 1. The van der Waals surface area contributed by atoms with Crippen molar-refractivity contribution in [3.8, 4) is 0 Å². The lowest BCUT2D eigenvalue weighted by molar-refractivity contribution is -0.0479. The molecule has 0 heterocycles. The van der Waals surface area contributed by atoms with Crippen molar-refractivity contribution in [1.29, 1.82) is 0 Å². The minimum absolute atomic E-state index is 0. The maximum Gasteiger partial charge on any atom is 0.103 e. The second-order valence-electron chi connectivity index (χ2n) is 2.94. The average molecular weight is 198 g/mol. The highest BCUT2D eigenvalue weighted by atomic mass is 79.9. The maximum absolute atomic E-state index is 5.36. The molecule has 0 saturated carbocycles. The summed E-state index contributed by atoms with van der Waals surface area (Å²) in [5.74, 6) is 0. The SMILES string of the molecule is Br.CC(N)OC(C)(C)C. The van der Waals surface area contributed by atoms with E-state index in [0.717, 1.165) is 0 Å². The summed E-state index contributed by atoms with van der Waals surface area (Å²) in [6, 6.07) is 0. The van der Waals surface area contributed by atoms with Crippen LogP contribution in [-0.4, -0.2) is 11.8 Å². The summed E-state index contributed by atoms with van der Waals surface area (Å²) >= 11 is 0. The Morgan fingerprint density at radius 1 is 1.33 bits per heavy atom. The minimum atomic E-state index is -0.157. The van der Waals surface area contributed by atoms with Crippen LogP contribution in [0.1, 0.15) is 27.7 Å². The van der Waals surface area contributed by atoms with Gasteiger partial charge in [0, 0.05) is 0 Å². The molecule has 2 nitrogen and oxygen atoms in total. The van der Waals surface area contributed by atoms with E-state index in [0.29, 0.717) is 0 Å². The number of rotatable bonds is 1. The maximum atomic E-state index is 5.36. The van der Waals surface area contributed by atoms with E-state index < -0.39 is 0 Å². The molecule has 0 radical (unpaired) electrons. The van der Waals surface area contributed by atoms with Crippen LogP contribution in [0.3, 0.4) is 0 Å². The molecule has 0 spiro atoms. The summed E-state index contributed by atoms with van der Waals surface area (Å²) in [6.45, 7) is 7.77. The first-order valence-corrected chi connectivity index (χ1v) is 2.85. The zero-order chi connectivity index (χ0) is 6.78. The summed E-state index contributed by atoms with van der Waals surface area (Å²) in [4.78, 5) is 0. The zero-order valence-electron chi connectivity index (χ0n) is 6.47. The van der Waals surface area contributed by atoms with Gasteiger partial charge in [-0.05, 0) is 27.7 Å². The molecule has 0 aromatic carbocycles. The molecule has 58 valence electrons. The van der Waals surface area contributed by atoms with Crippen molar-refractivity contribution in [1.82, 2.24) is 0 Å². The molecule has 0 bridgehead atoms. The van der Waals surface area contributed by atoms with E-state index in [9.17, 15) is 0 Å².